The van der Waals surface area contributed by atoms with Gasteiger partial charge in [0.15, 0.2) is 0 Å². The van der Waals surface area contributed by atoms with E-state index in [2.05, 4.69) is 17.1 Å². The molecule has 1 aromatic heterocycles. The van der Waals surface area contributed by atoms with Crippen LogP contribution >= 0.6 is 0 Å². The van der Waals surface area contributed by atoms with Crippen LogP contribution < -0.4 is 5.73 Å². The summed E-state index contributed by atoms with van der Waals surface area (Å²) < 4.78 is 5.31. The number of nitrogens with zero attached hydrogens (tertiary/aromatic N) is 1. The number of aromatic nitrogens is 2. The largest absolute Gasteiger partial charge is 0.381 e. The molecule has 5 nitrogen and oxygen atoms in total. The first-order valence-corrected chi connectivity index (χ1v) is 5.05. The average molecular weight is 209 g/mol. The highest BCUT2D eigenvalue weighted by Gasteiger charge is 2.32. The molecular weight excluding hydrogens is 194 g/mol. The van der Waals surface area contributed by atoms with Crippen molar-refractivity contribution in [3.63, 3.8) is 0 Å². The number of nitrogens with two attached hydrogens (primary N) is 1. The van der Waals surface area contributed by atoms with Gasteiger partial charge in [0.05, 0.1) is 5.69 Å². The number of rotatable bonds is 2. The second-order valence-electron chi connectivity index (χ2n) is 4.20. The van der Waals surface area contributed by atoms with Crippen molar-refractivity contribution in [2.45, 2.75) is 25.2 Å². The van der Waals surface area contributed by atoms with Crippen molar-refractivity contribution in [2.24, 2.45) is 5.73 Å². The second-order valence-corrected chi connectivity index (χ2v) is 4.20. The van der Waals surface area contributed by atoms with E-state index in [4.69, 9.17) is 10.5 Å². The summed E-state index contributed by atoms with van der Waals surface area (Å²) in [6.07, 6.45) is 1.85. The summed E-state index contributed by atoms with van der Waals surface area (Å²) in [6, 6.07) is 1.74. The molecule has 1 aliphatic rings. The molecule has 15 heavy (non-hydrogen) atoms. The second kappa shape index (κ2) is 3.66. The Morgan fingerprint density at radius 2 is 2.27 bits per heavy atom. The Kier molecular flexibility index (Phi) is 2.48. The van der Waals surface area contributed by atoms with Crippen molar-refractivity contribution < 1.29 is 9.53 Å². The van der Waals surface area contributed by atoms with Crippen LogP contribution in [0.25, 0.3) is 0 Å². The number of primary amides is 1. The van der Waals surface area contributed by atoms with E-state index in [1.54, 1.807) is 6.07 Å². The van der Waals surface area contributed by atoms with E-state index in [1.807, 2.05) is 0 Å². The molecule has 82 valence electrons. The van der Waals surface area contributed by atoms with Crippen molar-refractivity contribution in [3.05, 3.63) is 17.5 Å². The number of nitrogens with one attached hydrogen (secondary N) is 1. The van der Waals surface area contributed by atoms with E-state index >= 15 is 0 Å². The molecule has 0 aromatic carbocycles. The number of ether oxygens (including phenoxy) is 1. The summed E-state index contributed by atoms with van der Waals surface area (Å²) in [4.78, 5) is 10.9. The lowest BCUT2D eigenvalue weighted by atomic mass is 9.79. The van der Waals surface area contributed by atoms with E-state index in [1.165, 1.54) is 0 Å². The van der Waals surface area contributed by atoms with Gasteiger partial charge in [-0.15, -0.1) is 0 Å². The van der Waals surface area contributed by atoms with E-state index in [-0.39, 0.29) is 5.41 Å². The van der Waals surface area contributed by atoms with Gasteiger partial charge < -0.3 is 10.5 Å². The maximum Gasteiger partial charge on any atom is 0.266 e. The van der Waals surface area contributed by atoms with Crippen molar-refractivity contribution in [3.8, 4) is 0 Å². The van der Waals surface area contributed by atoms with Gasteiger partial charge in [0, 0.05) is 18.6 Å². The fraction of sp³-hybridized carbons (Fsp3) is 0.600. The van der Waals surface area contributed by atoms with Crippen LogP contribution in [0.1, 0.15) is 35.9 Å². The Labute approximate surface area is 88.0 Å². The van der Waals surface area contributed by atoms with Gasteiger partial charge in [0.1, 0.15) is 5.69 Å². The van der Waals surface area contributed by atoms with Gasteiger partial charge in [0.25, 0.3) is 5.91 Å². The lowest BCUT2D eigenvalue weighted by Gasteiger charge is -2.31. The minimum Gasteiger partial charge on any atom is -0.381 e. The molecule has 1 aromatic rings. The van der Waals surface area contributed by atoms with E-state index in [9.17, 15) is 4.79 Å². The molecule has 1 saturated heterocycles. The van der Waals surface area contributed by atoms with Crippen LogP contribution in [0.3, 0.4) is 0 Å². The number of aromatic amines is 1. The summed E-state index contributed by atoms with van der Waals surface area (Å²) in [5.41, 5.74) is 6.44. The molecular formula is C10H15N3O2. The molecule has 1 amide bonds. The lowest BCUT2D eigenvalue weighted by Crippen LogP contribution is -2.31. The fourth-order valence-electron chi connectivity index (χ4n) is 1.84. The van der Waals surface area contributed by atoms with Crippen molar-refractivity contribution in [1.82, 2.24) is 10.2 Å². The maximum atomic E-state index is 10.9. The molecule has 1 aliphatic heterocycles. The highest BCUT2D eigenvalue weighted by Crippen LogP contribution is 2.32. The van der Waals surface area contributed by atoms with Crippen LogP contribution in [0.15, 0.2) is 6.07 Å². The Hall–Kier alpha value is -1.36. The maximum absolute atomic E-state index is 10.9. The molecule has 5 heteroatoms. The fourth-order valence-corrected chi connectivity index (χ4v) is 1.84. The van der Waals surface area contributed by atoms with E-state index in [0.717, 1.165) is 31.7 Å². The number of carbonyl (C=O) groups excluding carboxylic acids is 1. The van der Waals surface area contributed by atoms with Gasteiger partial charge in [-0.05, 0) is 18.9 Å². The minimum absolute atomic E-state index is 0.00243. The van der Waals surface area contributed by atoms with Gasteiger partial charge in [0.2, 0.25) is 0 Å². The summed E-state index contributed by atoms with van der Waals surface area (Å²) in [5.74, 6) is -0.468. The first kappa shape index (κ1) is 10.2. The minimum atomic E-state index is -0.468. The van der Waals surface area contributed by atoms with Gasteiger partial charge in [-0.25, -0.2) is 0 Å². The lowest BCUT2D eigenvalue weighted by molar-refractivity contribution is 0.0550. The van der Waals surface area contributed by atoms with Crippen LogP contribution in [0, 0.1) is 0 Å². The smallest absolute Gasteiger partial charge is 0.266 e. The Balaban J connectivity index is 2.23. The van der Waals surface area contributed by atoms with E-state index < -0.39 is 5.91 Å². The average Bonchev–Trinajstić information content (AvgIpc) is 2.68. The predicted octanol–water partition coefficient (Wildman–Crippen LogP) is 0.577. The quantitative estimate of drug-likeness (QED) is 0.747. The third-order valence-corrected chi connectivity index (χ3v) is 3.06. The Morgan fingerprint density at radius 1 is 1.60 bits per heavy atom. The van der Waals surface area contributed by atoms with Crippen LogP contribution in [0.4, 0.5) is 0 Å². The Bertz CT molecular complexity index is 366. The van der Waals surface area contributed by atoms with Gasteiger partial charge in [-0.2, -0.15) is 5.10 Å². The van der Waals surface area contributed by atoms with Crippen LogP contribution in [0.5, 0.6) is 0 Å². The monoisotopic (exact) mass is 209 g/mol. The molecule has 3 N–H and O–H groups in total. The normalized spacial score (nSPS) is 20.1. The third-order valence-electron chi connectivity index (χ3n) is 3.06. The van der Waals surface area contributed by atoms with Crippen LogP contribution in [0.2, 0.25) is 0 Å². The zero-order chi connectivity index (χ0) is 10.9. The zero-order valence-electron chi connectivity index (χ0n) is 8.75. The summed E-state index contributed by atoms with van der Waals surface area (Å²) in [7, 11) is 0. The summed E-state index contributed by atoms with van der Waals surface area (Å²) >= 11 is 0. The highest BCUT2D eigenvalue weighted by molar-refractivity contribution is 5.90. The number of amides is 1. The first-order chi connectivity index (χ1) is 7.12. The third kappa shape index (κ3) is 1.87. The van der Waals surface area contributed by atoms with Crippen molar-refractivity contribution in [2.75, 3.05) is 13.2 Å². The highest BCUT2D eigenvalue weighted by atomic mass is 16.5. The Morgan fingerprint density at radius 3 is 2.80 bits per heavy atom. The standard InChI is InChI=1S/C10H15N3O2/c1-10(2-4-15-5-3-10)8-6-7(9(11)14)12-13-8/h6H,2-5H2,1H3,(H2,11,14)(H,12,13). The first-order valence-electron chi connectivity index (χ1n) is 5.05. The molecule has 0 saturated carbocycles. The van der Waals surface area contributed by atoms with Gasteiger partial charge >= 0.3 is 0 Å². The molecule has 0 radical (unpaired) electrons. The molecule has 1 fully saturated rings. The number of hydrogen-bond donors (Lipinski definition) is 2. The van der Waals surface area contributed by atoms with Crippen molar-refractivity contribution in [1.29, 1.82) is 0 Å². The zero-order valence-corrected chi connectivity index (χ0v) is 8.75. The SMILES string of the molecule is CC1(c2cc(C(N)=O)[nH]n2)CCOCC1. The molecule has 0 bridgehead atoms. The van der Waals surface area contributed by atoms with E-state index in [0.29, 0.717) is 5.69 Å². The predicted molar refractivity (Wildman–Crippen MR) is 54.5 cm³/mol. The van der Waals surface area contributed by atoms with Crippen LogP contribution in [-0.2, 0) is 10.2 Å². The number of carbonyl (C=O) groups is 1. The molecule has 0 atom stereocenters. The van der Waals surface area contributed by atoms with Gasteiger partial charge in [-0.1, -0.05) is 6.92 Å². The molecule has 0 spiro atoms. The number of hydrogen-bond acceptors (Lipinski definition) is 3. The molecule has 0 aliphatic carbocycles. The van der Waals surface area contributed by atoms with Crippen LogP contribution in [-0.4, -0.2) is 29.3 Å². The molecule has 2 heterocycles. The molecule has 2 rings (SSSR count). The summed E-state index contributed by atoms with van der Waals surface area (Å²) in [6.45, 7) is 3.63. The number of H-pyrrole nitrogens is 1. The topological polar surface area (TPSA) is 81.0 Å². The summed E-state index contributed by atoms with van der Waals surface area (Å²) in [5, 5.41) is 6.81. The van der Waals surface area contributed by atoms with Gasteiger partial charge in [-0.3, -0.25) is 9.89 Å². The van der Waals surface area contributed by atoms with Crippen molar-refractivity contribution >= 4 is 5.91 Å². The molecule has 0 unspecified atom stereocenters.